The lowest BCUT2D eigenvalue weighted by atomic mass is 10.1. The van der Waals surface area contributed by atoms with Crippen molar-refractivity contribution >= 4 is 46.1 Å². The van der Waals surface area contributed by atoms with Crippen LogP contribution in [0.3, 0.4) is 0 Å². The average Bonchev–Trinajstić information content (AvgIpc) is 2.90. The molecule has 0 radical (unpaired) electrons. The number of rotatable bonds is 7. The number of ether oxygens (including phenoxy) is 2. The number of nitrogens with one attached hydrogen (secondary N) is 1. The fourth-order valence-electron chi connectivity index (χ4n) is 4.03. The predicted octanol–water partition coefficient (Wildman–Crippen LogP) is 5.31. The maximum Gasteiger partial charge on any atom is 0.262 e. The second-order valence-corrected chi connectivity index (χ2v) is 9.14. The topological polar surface area (TPSA) is 54.0 Å². The molecule has 9 heteroatoms. The number of carbonyl (C=O) groups excluding carboxylic acids is 1. The van der Waals surface area contributed by atoms with Gasteiger partial charge in [-0.2, -0.15) is 0 Å². The number of halogens is 2. The summed E-state index contributed by atoms with van der Waals surface area (Å²) >= 11 is 11.9. The minimum absolute atomic E-state index is 0.190. The van der Waals surface area contributed by atoms with Crippen molar-refractivity contribution in [2.45, 2.75) is 6.92 Å². The molecule has 0 atom stereocenters. The van der Waals surface area contributed by atoms with Gasteiger partial charge in [-0.15, -0.1) is 0 Å². The molecule has 3 aromatic rings. The molecule has 0 spiro atoms. The Kier molecular flexibility index (Phi) is 8.28. The quantitative estimate of drug-likeness (QED) is 0.420. The molecule has 1 fully saturated rings. The Balaban J connectivity index is 1.35. The lowest BCUT2D eigenvalue weighted by molar-refractivity contribution is -0.118. The van der Waals surface area contributed by atoms with Crippen LogP contribution in [0, 0.1) is 12.7 Å². The number of hydrogen-bond acceptors (Lipinski definition) is 5. The summed E-state index contributed by atoms with van der Waals surface area (Å²) in [6.45, 7) is 4.34. The van der Waals surface area contributed by atoms with Gasteiger partial charge in [0.1, 0.15) is 10.8 Å². The van der Waals surface area contributed by atoms with Gasteiger partial charge in [0.05, 0.1) is 12.8 Å². The number of para-hydroxylation sites is 1. The summed E-state index contributed by atoms with van der Waals surface area (Å²) in [5, 5.41) is 3.39. The summed E-state index contributed by atoms with van der Waals surface area (Å²) in [5.41, 5.74) is 2.85. The molecule has 1 aliphatic heterocycles. The Morgan fingerprint density at radius 2 is 1.81 bits per heavy atom. The van der Waals surface area contributed by atoms with Crippen LogP contribution in [0.4, 0.5) is 15.8 Å². The van der Waals surface area contributed by atoms with Crippen molar-refractivity contribution in [1.82, 2.24) is 4.90 Å². The number of methoxy groups -OCH3 is 1. The van der Waals surface area contributed by atoms with Crippen molar-refractivity contribution in [3.05, 3.63) is 82.6 Å². The van der Waals surface area contributed by atoms with Crippen LogP contribution >= 0.6 is 23.8 Å². The first kappa shape index (κ1) is 25.7. The van der Waals surface area contributed by atoms with Gasteiger partial charge in [0.15, 0.2) is 18.1 Å². The molecule has 0 aliphatic carbocycles. The summed E-state index contributed by atoms with van der Waals surface area (Å²) in [5.74, 6) is 0.387. The van der Waals surface area contributed by atoms with Crippen LogP contribution in [0.25, 0.3) is 0 Å². The SMILES string of the molecule is COc1cc(C(=S)N2CCN(c3ccccc3F)CC2)ccc1OCC(=O)Nc1cccc(Cl)c1C. The molecule has 1 saturated heterocycles. The molecule has 4 rings (SSSR count). The van der Waals surface area contributed by atoms with Crippen LogP contribution < -0.4 is 19.7 Å². The van der Waals surface area contributed by atoms with E-state index in [1.165, 1.54) is 13.2 Å². The first-order valence-corrected chi connectivity index (χ1v) is 12.3. The minimum Gasteiger partial charge on any atom is -0.493 e. The van der Waals surface area contributed by atoms with Crippen molar-refractivity contribution in [3.63, 3.8) is 0 Å². The van der Waals surface area contributed by atoms with Crippen LogP contribution in [0.5, 0.6) is 11.5 Å². The van der Waals surface area contributed by atoms with Crippen LogP contribution in [-0.2, 0) is 4.79 Å². The Morgan fingerprint density at radius 1 is 1.06 bits per heavy atom. The van der Waals surface area contributed by atoms with Crippen LogP contribution in [0.15, 0.2) is 60.7 Å². The minimum atomic E-state index is -0.310. The number of thiocarbonyl (C=S) groups is 1. The maximum absolute atomic E-state index is 14.1. The third kappa shape index (κ3) is 5.88. The van der Waals surface area contributed by atoms with Gasteiger partial charge in [-0.1, -0.05) is 42.0 Å². The highest BCUT2D eigenvalue weighted by molar-refractivity contribution is 7.80. The Bertz CT molecular complexity index is 1260. The van der Waals surface area contributed by atoms with E-state index in [-0.39, 0.29) is 18.3 Å². The summed E-state index contributed by atoms with van der Waals surface area (Å²) in [6.07, 6.45) is 0. The molecule has 0 unspecified atom stereocenters. The second kappa shape index (κ2) is 11.6. The van der Waals surface area contributed by atoms with Gasteiger partial charge in [0.25, 0.3) is 5.91 Å². The number of piperazine rings is 1. The summed E-state index contributed by atoms with van der Waals surface area (Å²) in [6, 6.07) is 17.5. The average molecular weight is 528 g/mol. The van der Waals surface area contributed by atoms with Gasteiger partial charge in [-0.05, 0) is 55.0 Å². The molecular weight excluding hydrogens is 501 g/mol. The molecule has 1 heterocycles. The molecule has 188 valence electrons. The van der Waals surface area contributed by atoms with E-state index in [4.69, 9.17) is 33.3 Å². The monoisotopic (exact) mass is 527 g/mol. The molecule has 0 aromatic heterocycles. The smallest absolute Gasteiger partial charge is 0.262 e. The molecule has 1 amide bonds. The van der Waals surface area contributed by atoms with Crippen molar-refractivity contribution in [1.29, 1.82) is 0 Å². The summed E-state index contributed by atoms with van der Waals surface area (Å²) in [4.78, 5) is 17.2. The number of nitrogens with zero attached hydrogens (tertiary/aromatic N) is 2. The van der Waals surface area contributed by atoms with Gasteiger partial charge >= 0.3 is 0 Å². The van der Waals surface area contributed by atoms with E-state index in [1.54, 1.807) is 42.5 Å². The highest BCUT2D eigenvalue weighted by Gasteiger charge is 2.22. The van der Waals surface area contributed by atoms with Crippen molar-refractivity contribution in [2.75, 3.05) is 50.1 Å². The van der Waals surface area contributed by atoms with Crippen molar-refractivity contribution in [2.24, 2.45) is 0 Å². The maximum atomic E-state index is 14.1. The van der Waals surface area contributed by atoms with Gasteiger partial charge in [-0.3, -0.25) is 4.79 Å². The van der Waals surface area contributed by atoms with E-state index in [1.807, 2.05) is 24.0 Å². The van der Waals surface area contributed by atoms with Crippen molar-refractivity contribution < 1.29 is 18.7 Å². The highest BCUT2D eigenvalue weighted by atomic mass is 35.5. The molecule has 3 aromatic carbocycles. The number of amides is 1. The summed E-state index contributed by atoms with van der Waals surface area (Å²) in [7, 11) is 1.54. The predicted molar refractivity (Wildman–Crippen MR) is 145 cm³/mol. The van der Waals surface area contributed by atoms with E-state index in [0.717, 1.165) is 11.1 Å². The van der Waals surface area contributed by atoms with Gasteiger partial charge in [-0.25, -0.2) is 4.39 Å². The van der Waals surface area contributed by atoms with Gasteiger partial charge < -0.3 is 24.6 Å². The Hall–Kier alpha value is -3.36. The van der Waals surface area contributed by atoms with Crippen LogP contribution in [0.1, 0.15) is 11.1 Å². The normalized spacial score (nSPS) is 13.3. The van der Waals surface area contributed by atoms with Gasteiger partial charge in [0, 0.05) is 42.5 Å². The third-order valence-electron chi connectivity index (χ3n) is 6.07. The number of carbonyl (C=O) groups is 1. The lowest BCUT2D eigenvalue weighted by Gasteiger charge is -2.37. The van der Waals surface area contributed by atoms with E-state index in [9.17, 15) is 9.18 Å². The third-order valence-corrected chi connectivity index (χ3v) is 6.97. The zero-order valence-electron chi connectivity index (χ0n) is 20.1. The zero-order valence-corrected chi connectivity index (χ0v) is 21.7. The van der Waals surface area contributed by atoms with E-state index < -0.39 is 0 Å². The Labute approximate surface area is 220 Å². The molecule has 1 aliphatic rings. The number of anilines is 2. The van der Waals surface area contributed by atoms with Crippen LogP contribution in [0.2, 0.25) is 5.02 Å². The highest BCUT2D eigenvalue weighted by Crippen LogP contribution is 2.30. The zero-order chi connectivity index (χ0) is 25.7. The lowest BCUT2D eigenvalue weighted by Crippen LogP contribution is -2.48. The molecule has 6 nitrogen and oxygen atoms in total. The molecule has 0 bridgehead atoms. The molecule has 1 N–H and O–H groups in total. The number of hydrogen-bond donors (Lipinski definition) is 1. The van der Waals surface area contributed by atoms with E-state index in [0.29, 0.717) is 59.1 Å². The number of benzene rings is 3. The van der Waals surface area contributed by atoms with Crippen molar-refractivity contribution in [3.8, 4) is 11.5 Å². The second-order valence-electron chi connectivity index (χ2n) is 8.35. The fraction of sp³-hybridized carbons (Fsp3) is 0.259. The van der Waals surface area contributed by atoms with Crippen LogP contribution in [-0.4, -0.2) is 55.7 Å². The largest absolute Gasteiger partial charge is 0.493 e. The molecular formula is C27H27ClFN3O3S. The molecule has 0 saturated carbocycles. The van der Waals surface area contributed by atoms with E-state index in [2.05, 4.69) is 10.2 Å². The molecule has 36 heavy (non-hydrogen) atoms. The fourth-order valence-corrected chi connectivity index (χ4v) is 4.52. The standard InChI is InChI=1S/C27H27ClFN3O3S/c1-18-20(28)6-5-8-22(18)30-26(33)17-35-24-11-10-19(16-25(24)34-2)27(36)32-14-12-31(13-15-32)23-9-4-3-7-21(23)29/h3-11,16H,12-15,17H2,1-2H3,(H,30,33). The Morgan fingerprint density at radius 3 is 2.53 bits per heavy atom. The summed E-state index contributed by atoms with van der Waals surface area (Å²) < 4.78 is 25.3. The van der Waals surface area contributed by atoms with E-state index >= 15 is 0 Å². The first-order chi connectivity index (χ1) is 17.4. The first-order valence-electron chi connectivity index (χ1n) is 11.5. The van der Waals surface area contributed by atoms with Gasteiger partial charge in [0.2, 0.25) is 0 Å².